The van der Waals surface area contributed by atoms with Crippen LogP contribution in [0.1, 0.15) is 103 Å². The molecule has 0 saturated carbocycles. The number of aliphatic hydroxyl groups excluding tert-OH is 1. The predicted octanol–water partition coefficient (Wildman–Crippen LogP) is 4.89. The zero-order valence-electron chi connectivity index (χ0n) is 15.9. The number of rotatable bonds is 16. The monoisotopic (exact) mass is 343 g/mol. The third kappa shape index (κ3) is 21.4. The van der Waals surface area contributed by atoms with Gasteiger partial charge < -0.3 is 15.5 Å². The van der Waals surface area contributed by atoms with Gasteiger partial charge in [-0.15, -0.1) is 0 Å². The molecule has 1 heterocycles. The minimum absolute atomic E-state index is 0.396. The van der Waals surface area contributed by atoms with Crippen molar-refractivity contribution in [3.05, 3.63) is 0 Å². The van der Waals surface area contributed by atoms with Crippen LogP contribution in [-0.4, -0.2) is 35.4 Å². The van der Waals surface area contributed by atoms with Gasteiger partial charge >= 0.3 is 5.97 Å². The molecule has 24 heavy (non-hydrogen) atoms. The van der Waals surface area contributed by atoms with E-state index in [0.717, 1.165) is 12.8 Å². The summed E-state index contributed by atoms with van der Waals surface area (Å²) in [5.74, 6) is -1.09. The fourth-order valence-corrected chi connectivity index (χ4v) is 2.66. The van der Waals surface area contributed by atoms with Crippen molar-refractivity contribution in [2.75, 3.05) is 13.1 Å². The first-order valence-electron chi connectivity index (χ1n) is 10.3. The van der Waals surface area contributed by atoms with Crippen molar-refractivity contribution >= 4 is 5.97 Å². The minimum Gasteiger partial charge on any atom is -0.479 e. The van der Waals surface area contributed by atoms with Crippen molar-refractivity contribution < 1.29 is 15.0 Å². The average molecular weight is 344 g/mol. The maximum atomic E-state index is 10.4. The van der Waals surface area contributed by atoms with Gasteiger partial charge in [0.05, 0.1) is 0 Å². The predicted molar refractivity (Wildman–Crippen MR) is 101 cm³/mol. The zero-order chi connectivity index (χ0) is 17.9. The molecule has 0 radical (unpaired) electrons. The molecule has 1 aliphatic heterocycles. The number of unbranched alkanes of at least 4 members (excludes halogenated alkanes) is 13. The highest BCUT2D eigenvalue weighted by molar-refractivity contribution is 5.71. The van der Waals surface area contributed by atoms with Gasteiger partial charge in [0.1, 0.15) is 0 Å². The van der Waals surface area contributed by atoms with E-state index < -0.39 is 12.1 Å². The van der Waals surface area contributed by atoms with Crippen molar-refractivity contribution in [1.29, 1.82) is 0 Å². The fraction of sp³-hybridized carbons (Fsp3) is 0.950. The smallest absolute Gasteiger partial charge is 0.332 e. The Bertz CT molecular complexity index is 267. The Morgan fingerprint density at radius 2 is 1.12 bits per heavy atom. The molecule has 4 nitrogen and oxygen atoms in total. The van der Waals surface area contributed by atoms with Gasteiger partial charge in [-0.05, 0) is 6.42 Å². The summed E-state index contributed by atoms with van der Waals surface area (Å²) in [6.45, 7) is 4.76. The van der Waals surface area contributed by atoms with Gasteiger partial charge in [0, 0.05) is 13.1 Å². The summed E-state index contributed by atoms with van der Waals surface area (Å²) in [6.07, 6.45) is 17.3. The van der Waals surface area contributed by atoms with Crippen LogP contribution in [0.15, 0.2) is 0 Å². The van der Waals surface area contributed by atoms with Crippen molar-refractivity contribution in [1.82, 2.24) is 5.32 Å². The van der Waals surface area contributed by atoms with Gasteiger partial charge in [-0.25, -0.2) is 4.79 Å². The fourth-order valence-electron chi connectivity index (χ4n) is 2.66. The van der Waals surface area contributed by atoms with Crippen LogP contribution in [0.2, 0.25) is 0 Å². The molecule has 0 aromatic carbocycles. The Balaban J connectivity index is 0.00000157. The topological polar surface area (TPSA) is 79.5 Å². The van der Waals surface area contributed by atoms with Gasteiger partial charge in [-0.2, -0.15) is 0 Å². The Hall–Kier alpha value is -0.610. The molecule has 0 amide bonds. The van der Waals surface area contributed by atoms with Crippen molar-refractivity contribution in [2.24, 2.45) is 0 Å². The summed E-state index contributed by atoms with van der Waals surface area (Å²) in [5, 5.41) is 20.7. The third-order valence-corrected chi connectivity index (χ3v) is 4.37. The summed E-state index contributed by atoms with van der Waals surface area (Å²) in [7, 11) is 0. The first-order chi connectivity index (χ1) is 11.7. The van der Waals surface area contributed by atoms with Gasteiger partial charge in [0.15, 0.2) is 6.10 Å². The van der Waals surface area contributed by atoms with E-state index in [1.54, 1.807) is 0 Å². The second kappa shape index (κ2) is 18.7. The van der Waals surface area contributed by atoms with E-state index >= 15 is 0 Å². The highest BCUT2D eigenvalue weighted by Crippen LogP contribution is 2.13. The molecule has 0 aliphatic carbocycles. The van der Waals surface area contributed by atoms with E-state index in [2.05, 4.69) is 12.2 Å². The summed E-state index contributed by atoms with van der Waals surface area (Å²) in [4.78, 5) is 10.4. The summed E-state index contributed by atoms with van der Waals surface area (Å²) < 4.78 is 0. The highest BCUT2D eigenvalue weighted by Gasteiger charge is 2.11. The summed E-state index contributed by atoms with van der Waals surface area (Å²) in [5.41, 5.74) is 0. The lowest BCUT2D eigenvalue weighted by Gasteiger charge is -2.05. The summed E-state index contributed by atoms with van der Waals surface area (Å²) >= 11 is 0. The lowest BCUT2D eigenvalue weighted by molar-refractivity contribution is -0.146. The normalized spacial score (nSPS) is 13.9. The second-order valence-corrected chi connectivity index (χ2v) is 6.99. The van der Waals surface area contributed by atoms with Crippen molar-refractivity contribution in [2.45, 2.75) is 109 Å². The van der Waals surface area contributed by atoms with Gasteiger partial charge in [0.25, 0.3) is 0 Å². The Morgan fingerprint density at radius 1 is 0.792 bits per heavy atom. The molecule has 1 atom stereocenters. The molecule has 144 valence electrons. The number of aliphatic hydroxyl groups is 1. The molecule has 4 heteroatoms. The molecule has 0 aromatic heterocycles. The maximum absolute atomic E-state index is 10.4. The van der Waals surface area contributed by atoms with Gasteiger partial charge in [-0.1, -0.05) is 96.8 Å². The SMILES string of the molecule is C1CN1.CCCCCCCCCCCCCCCCC(O)C(=O)O. The van der Waals surface area contributed by atoms with E-state index in [9.17, 15) is 4.79 Å². The van der Waals surface area contributed by atoms with Gasteiger partial charge in [0.2, 0.25) is 0 Å². The number of carboxylic acid groups (broad SMARTS) is 1. The van der Waals surface area contributed by atoms with E-state index in [1.807, 2.05) is 0 Å². The third-order valence-electron chi connectivity index (χ3n) is 4.37. The minimum atomic E-state index is -1.16. The molecule has 1 rings (SSSR count). The molecular formula is C20H41NO3. The number of carboxylic acids is 1. The first-order valence-corrected chi connectivity index (χ1v) is 10.3. The Labute approximate surface area is 149 Å². The maximum Gasteiger partial charge on any atom is 0.332 e. The first kappa shape index (κ1) is 23.4. The van der Waals surface area contributed by atoms with Crippen molar-refractivity contribution in [3.8, 4) is 0 Å². The Morgan fingerprint density at radius 3 is 1.42 bits per heavy atom. The quantitative estimate of drug-likeness (QED) is 0.275. The van der Waals surface area contributed by atoms with Crippen LogP contribution >= 0.6 is 0 Å². The lowest BCUT2D eigenvalue weighted by atomic mass is 10.0. The molecule has 0 aromatic rings. The van der Waals surface area contributed by atoms with Crippen LogP contribution in [0.4, 0.5) is 0 Å². The number of carbonyl (C=O) groups is 1. The largest absolute Gasteiger partial charge is 0.479 e. The average Bonchev–Trinajstić information content (AvgIpc) is 3.43. The standard InChI is InChI=1S/C18H36O3.C2H5N/c1-2-3-4-5-6-7-8-9-10-11-12-13-14-15-16-17(19)18(20)21;1-2-3-1/h17,19H,2-16H2,1H3,(H,20,21);3H,1-2H2. The molecule has 3 N–H and O–H groups in total. The molecule has 0 bridgehead atoms. The van der Waals surface area contributed by atoms with Crippen LogP contribution in [0.25, 0.3) is 0 Å². The van der Waals surface area contributed by atoms with Crippen LogP contribution in [-0.2, 0) is 4.79 Å². The molecule has 1 aliphatic rings. The van der Waals surface area contributed by atoms with Gasteiger partial charge in [-0.3, -0.25) is 0 Å². The zero-order valence-corrected chi connectivity index (χ0v) is 15.9. The van der Waals surface area contributed by atoms with E-state index in [1.165, 1.54) is 90.1 Å². The lowest BCUT2D eigenvalue weighted by Crippen LogP contribution is -2.18. The van der Waals surface area contributed by atoms with E-state index in [4.69, 9.17) is 10.2 Å². The van der Waals surface area contributed by atoms with Crippen LogP contribution in [0.5, 0.6) is 0 Å². The van der Waals surface area contributed by atoms with Crippen LogP contribution in [0, 0.1) is 0 Å². The number of nitrogens with one attached hydrogen (secondary N) is 1. The number of hydrogen-bond acceptors (Lipinski definition) is 3. The Kier molecular flexibility index (Phi) is 18.2. The van der Waals surface area contributed by atoms with E-state index in [-0.39, 0.29) is 0 Å². The van der Waals surface area contributed by atoms with Crippen LogP contribution in [0.3, 0.4) is 0 Å². The highest BCUT2D eigenvalue weighted by atomic mass is 16.4. The number of hydrogen-bond donors (Lipinski definition) is 3. The molecule has 0 spiro atoms. The van der Waals surface area contributed by atoms with Crippen molar-refractivity contribution in [3.63, 3.8) is 0 Å². The molecular weight excluding hydrogens is 302 g/mol. The second-order valence-electron chi connectivity index (χ2n) is 6.99. The van der Waals surface area contributed by atoms with Crippen LogP contribution < -0.4 is 5.32 Å². The van der Waals surface area contributed by atoms with E-state index in [0.29, 0.717) is 6.42 Å². The molecule has 1 saturated heterocycles. The molecule has 1 fully saturated rings. The molecule has 1 unspecified atom stereocenters. The summed E-state index contributed by atoms with van der Waals surface area (Å²) in [6, 6.07) is 0. The number of aliphatic carboxylic acids is 1.